The van der Waals surface area contributed by atoms with Gasteiger partial charge in [0, 0.05) is 36.5 Å². The molecule has 0 atom stereocenters. The van der Waals surface area contributed by atoms with Crippen molar-refractivity contribution in [2.24, 2.45) is 0 Å². The largest absolute Gasteiger partial charge is 1.00 e. The number of para-hydroxylation sites is 2. The standard InChI is InChI=1S/C26H27N2.BrH/c1-4-19-28-24-13-9-7-11-22(24)26(23-12-8-10-14-25(23)28)20-15-17-21(18-16-20)27(5-2)6-3;/h4,7-18H,1,5-6,19H2,2-3H3;1H/q+1;/p-1. The summed E-state index contributed by atoms with van der Waals surface area (Å²) in [6.45, 7) is 11.2. The molecule has 0 radical (unpaired) electrons. The van der Waals surface area contributed by atoms with Crippen LogP contribution in [0.15, 0.2) is 85.5 Å². The molecule has 148 valence electrons. The van der Waals surface area contributed by atoms with Crippen molar-refractivity contribution >= 4 is 27.5 Å². The molecule has 0 fully saturated rings. The number of aromatic nitrogens is 1. The Bertz CT molecular complexity index is 1070. The van der Waals surface area contributed by atoms with Crippen LogP contribution in [0.3, 0.4) is 0 Å². The van der Waals surface area contributed by atoms with Crippen LogP contribution in [0.4, 0.5) is 5.69 Å². The first-order chi connectivity index (χ1) is 13.8. The third-order valence-electron chi connectivity index (χ3n) is 5.52. The van der Waals surface area contributed by atoms with Gasteiger partial charge in [-0.15, -0.1) is 0 Å². The lowest BCUT2D eigenvalue weighted by Crippen LogP contribution is -3.00. The molecule has 0 aliphatic carbocycles. The number of halogens is 1. The van der Waals surface area contributed by atoms with Gasteiger partial charge in [-0.3, -0.25) is 0 Å². The highest BCUT2D eigenvalue weighted by Gasteiger charge is 2.20. The van der Waals surface area contributed by atoms with Crippen LogP contribution in [0.25, 0.3) is 32.9 Å². The molecule has 0 spiro atoms. The van der Waals surface area contributed by atoms with E-state index in [9.17, 15) is 0 Å². The first-order valence-corrected chi connectivity index (χ1v) is 10.1. The monoisotopic (exact) mass is 446 g/mol. The van der Waals surface area contributed by atoms with E-state index >= 15 is 0 Å². The topological polar surface area (TPSA) is 7.12 Å². The van der Waals surface area contributed by atoms with E-state index in [4.69, 9.17) is 0 Å². The number of allylic oxidation sites excluding steroid dienone is 1. The lowest BCUT2D eigenvalue weighted by atomic mass is 9.95. The predicted molar refractivity (Wildman–Crippen MR) is 121 cm³/mol. The van der Waals surface area contributed by atoms with Gasteiger partial charge in [-0.05, 0) is 49.8 Å². The van der Waals surface area contributed by atoms with Crippen molar-refractivity contribution in [2.45, 2.75) is 20.4 Å². The van der Waals surface area contributed by atoms with Crippen molar-refractivity contribution in [3.05, 3.63) is 85.5 Å². The lowest BCUT2D eigenvalue weighted by Gasteiger charge is -2.21. The molecule has 3 heteroatoms. The summed E-state index contributed by atoms with van der Waals surface area (Å²) >= 11 is 0. The Balaban J connectivity index is 0.00000240. The van der Waals surface area contributed by atoms with Gasteiger partial charge in [-0.1, -0.05) is 43.0 Å². The summed E-state index contributed by atoms with van der Waals surface area (Å²) in [5.41, 5.74) is 6.32. The number of rotatable bonds is 6. The number of nitrogens with zero attached hydrogens (tertiary/aromatic N) is 2. The highest BCUT2D eigenvalue weighted by Crippen LogP contribution is 2.34. The molecule has 0 N–H and O–H groups in total. The van der Waals surface area contributed by atoms with E-state index in [2.05, 4.69) is 103 Å². The minimum Gasteiger partial charge on any atom is -1.00 e. The molecular weight excluding hydrogens is 420 g/mol. The maximum absolute atomic E-state index is 3.97. The van der Waals surface area contributed by atoms with Crippen LogP contribution in [0.2, 0.25) is 0 Å². The summed E-state index contributed by atoms with van der Waals surface area (Å²) in [4.78, 5) is 2.38. The average molecular weight is 447 g/mol. The van der Waals surface area contributed by atoms with E-state index in [-0.39, 0.29) is 17.0 Å². The van der Waals surface area contributed by atoms with Gasteiger partial charge in [-0.25, -0.2) is 0 Å². The second-order valence-corrected chi connectivity index (χ2v) is 7.03. The Labute approximate surface area is 183 Å². The molecule has 0 saturated carbocycles. The minimum atomic E-state index is 0. The maximum atomic E-state index is 3.97. The number of fused-ring (bicyclic) bond motifs is 2. The number of pyridine rings is 1. The zero-order valence-corrected chi connectivity index (χ0v) is 18.7. The van der Waals surface area contributed by atoms with Crippen molar-refractivity contribution < 1.29 is 21.5 Å². The van der Waals surface area contributed by atoms with Gasteiger partial charge in [-0.2, -0.15) is 4.57 Å². The number of benzene rings is 3. The summed E-state index contributed by atoms with van der Waals surface area (Å²) in [7, 11) is 0. The molecule has 4 aromatic rings. The highest BCUT2D eigenvalue weighted by molar-refractivity contribution is 6.07. The van der Waals surface area contributed by atoms with Crippen molar-refractivity contribution in [3.63, 3.8) is 0 Å². The molecule has 29 heavy (non-hydrogen) atoms. The number of anilines is 1. The Hall–Kier alpha value is -2.65. The highest BCUT2D eigenvalue weighted by atomic mass is 79.9. The summed E-state index contributed by atoms with van der Waals surface area (Å²) in [6.07, 6.45) is 1.97. The number of hydrogen-bond donors (Lipinski definition) is 0. The predicted octanol–water partition coefficient (Wildman–Crippen LogP) is 2.98. The van der Waals surface area contributed by atoms with Gasteiger partial charge in [0.25, 0.3) is 0 Å². The lowest BCUT2D eigenvalue weighted by molar-refractivity contribution is -0.634. The molecule has 0 aliphatic rings. The summed E-state index contributed by atoms with van der Waals surface area (Å²) in [5, 5.41) is 2.55. The van der Waals surface area contributed by atoms with Crippen molar-refractivity contribution in [2.75, 3.05) is 18.0 Å². The van der Waals surface area contributed by atoms with Crippen LogP contribution in [-0.4, -0.2) is 13.1 Å². The summed E-state index contributed by atoms with van der Waals surface area (Å²) in [5.74, 6) is 0. The molecule has 4 rings (SSSR count). The van der Waals surface area contributed by atoms with Gasteiger partial charge in [0.1, 0.15) is 0 Å². The molecule has 1 heterocycles. The molecule has 1 aromatic heterocycles. The van der Waals surface area contributed by atoms with Gasteiger partial charge < -0.3 is 21.9 Å². The van der Waals surface area contributed by atoms with E-state index in [0.717, 1.165) is 19.6 Å². The molecule has 0 amide bonds. The average Bonchev–Trinajstić information content (AvgIpc) is 2.75. The number of hydrogen-bond acceptors (Lipinski definition) is 1. The smallest absolute Gasteiger partial charge is 0.213 e. The Morgan fingerprint density at radius 1 is 0.793 bits per heavy atom. The third kappa shape index (κ3) is 3.79. The van der Waals surface area contributed by atoms with Crippen LogP contribution in [0.5, 0.6) is 0 Å². The van der Waals surface area contributed by atoms with Crippen LogP contribution >= 0.6 is 0 Å². The van der Waals surface area contributed by atoms with Gasteiger partial charge in [0.05, 0.1) is 10.8 Å². The van der Waals surface area contributed by atoms with Crippen LogP contribution < -0.4 is 26.4 Å². The maximum Gasteiger partial charge on any atom is 0.213 e. The van der Waals surface area contributed by atoms with E-state index in [1.807, 2.05) is 6.08 Å². The Kier molecular flexibility index (Phi) is 6.71. The molecule has 0 saturated heterocycles. The van der Waals surface area contributed by atoms with Gasteiger partial charge in [0.15, 0.2) is 6.54 Å². The minimum absolute atomic E-state index is 0. The fraction of sp³-hybridized carbons (Fsp3) is 0.192. The molecule has 0 aliphatic heterocycles. The third-order valence-corrected chi connectivity index (χ3v) is 5.52. The quantitative estimate of drug-likeness (QED) is 0.251. The van der Waals surface area contributed by atoms with E-state index in [1.165, 1.54) is 38.6 Å². The van der Waals surface area contributed by atoms with E-state index in [1.54, 1.807) is 0 Å². The van der Waals surface area contributed by atoms with Gasteiger partial charge >= 0.3 is 0 Å². The molecular formula is C26H27BrN2. The second-order valence-electron chi connectivity index (χ2n) is 7.03. The van der Waals surface area contributed by atoms with Crippen LogP contribution in [0.1, 0.15) is 13.8 Å². The zero-order chi connectivity index (χ0) is 19.5. The zero-order valence-electron chi connectivity index (χ0n) is 17.1. The van der Waals surface area contributed by atoms with Crippen LogP contribution in [-0.2, 0) is 6.54 Å². The molecule has 0 unspecified atom stereocenters. The fourth-order valence-electron chi connectivity index (χ4n) is 4.18. The van der Waals surface area contributed by atoms with Crippen molar-refractivity contribution in [3.8, 4) is 11.1 Å². The Morgan fingerprint density at radius 2 is 1.31 bits per heavy atom. The van der Waals surface area contributed by atoms with Gasteiger partial charge in [0.2, 0.25) is 11.0 Å². The SMILES string of the molecule is C=CC[n+]1c2ccccc2c(-c2ccc(N(CC)CC)cc2)c2ccccc21.[Br-]. The normalized spacial score (nSPS) is 10.7. The molecule has 0 bridgehead atoms. The Morgan fingerprint density at radius 3 is 1.79 bits per heavy atom. The van der Waals surface area contributed by atoms with Crippen LogP contribution in [0, 0.1) is 0 Å². The van der Waals surface area contributed by atoms with E-state index in [0.29, 0.717) is 0 Å². The fourth-order valence-corrected chi connectivity index (χ4v) is 4.18. The van der Waals surface area contributed by atoms with E-state index < -0.39 is 0 Å². The first kappa shape index (κ1) is 21.1. The summed E-state index contributed by atoms with van der Waals surface area (Å²) in [6, 6.07) is 26.4. The second kappa shape index (κ2) is 9.23. The first-order valence-electron chi connectivity index (χ1n) is 10.1. The van der Waals surface area contributed by atoms with Crippen molar-refractivity contribution in [1.29, 1.82) is 0 Å². The molecule has 3 aromatic carbocycles. The van der Waals surface area contributed by atoms with Crippen molar-refractivity contribution in [1.82, 2.24) is 0 Å². The molecule has 2 nitrogen and oxygen atoms in total. The summed E-state index contributed by atoms with van der Waals surface area (Å²) < 4.78 is 2.35.